The van der Waals surface area contributed by atoms with Crippen molar-refractivity contribution in [2.24, 2.45) is 5.14 Å². The Morgan fingerprint density at radius 3 is 2.17 bits per heavy atom. The Bertz CT molecular complexity index is 1070. The Hall–Kier alpha value is -1.65. The standard InChI is InChI=1S/C15H10FNO.C6H6NO2S.K/c16-12-8-5-11(6-9-12)7-10-14(17)13-3-1-2-4-15(13)18;7-10(8,9)6-4-2-1-3-5-6;/h1-6,8-10,18H;2-5H,(H2,7,8,9);/q-2;-1;+1. The third-order valence-electron chi connectivity index (χ3n) is 3.42. The molecule has 0 radical (unpaired) electrons. The van der Waals surface area contributed by atoms with Gasteiger partial charge < -0.3 is 10.5 Å². The molecule has 0 fully saturated rings. The zero-order valence-corrected chi connectivity index (χ0v) is 19.5. The van der Waals surface area contributed by atoms with Crippen molar-refractivity contribution in [3.8, 4) is 5.75 Å². The molecule has 29 heavy (non-hydrogen) atoms. The van der Waals surface area contributed by atoms with Gasteiger partial charge in [0, 0.05) is 0 Å². The predicted molar refractivity (Wildman–Crippen MR) is 106 cm³/mol. The number of allylic oxidation sites excluding steroid dienone is 1. The van der Waals surface area contributed by atoms with Crippen LogP contribution in [0.2, 0.25) is 0 Å². The molecule has 0 atom stereocenters. The molecule has 0 bridgehead atoms. The first-order valence-electron chi connectivity index (χ1n) is 7.96. The number of phenolic OH excluding ortho intramolecular Hbond substituents is 1. The number of rotatable bonds is 4. The Balaban J connectivity index is 0.000000327. The molecule has 0 amide bonds. The molecule has 0 aromatic heterocycles. The summed E-state index contributed by atoms with van der Waals surface area (Å²) >= 11 is 0. The number of para-hydroxylation sites is 1. The normalized spacial score (nSPS) is 10.6. The minimum Gasteiger partial charge on any atom is -0.855 e. The van der Waals surface area contributed by atoms with Crippen LogP contribution in [-0.4, -0.2) is 19.2 Å². The van der Waals surface area contributed by atoms with Gasteiger partial charge >= 0.3 is 51.4 Å². The van der Waals surface area contributed by atoms with Crippen molar-refractivity contribution < 1.29 is 69.3 Å². The summed E-state index contributed by atoms with van der Waals surface area (Å²) in [6, 6.07) is 20.6. The van der Waals surface area contributed by atoms with Gasteiger partial charge in [-0.1, -0.05) is 30.3 Å². The summed E-state index contributed by atoms with van der Waals surface area (Å²) in [6.07, 6.45) is 4.14. The van der Waals surface area contributed by atoms with E-state index in [0.717, 1.165) is 0 Å². The largest absolute Gasteiger partial charge is 1.00 e. The topological polar surface area (TPSA) is 103 Å². The van der Waals surface area contributed by atoms with Crippen molar-refractivity contribution in [1.82, 2.24) is 0 Å². The minimum atomic E-state index is -3.52. The number of primary sulfonamides is 1. The molecular formula is C21H16FKN2O3S-2. The van der Waals surface area contributed by atoms with Crippen molar-refractivity contribution in [3.05, 3.63) is 113 Å². The van der Waals surface area contributed by atoms with Crippen LogP contribution in [0.15, 0.2) is 83.8 Å². The van der Waals surface area contributed by atoms with Gasteiger partial charge in [-0.3, -0.25) is 0 Å². The van der Waals surface area contributed by atoms with E-state index in [9.17, 15) is 23.3 Å². The van der Waals surface area contributed by atoms with E-state index in [4.69, 9.17) is 5.14 Å². The molecule has 3 aromatic rings. The third-order valence-corrected chi connectivity index (χ3v) is 4.35. The average Bonchev–Trinajstić information content (AvgIpc) is 2.68. The summed E-state index contributed by atoms with van der Waals surface area (Å²) in [5.41, 5.74) is 0.864. The monoisotopic (exact) mass is 434 g/mol. The molecule has 0 saturated carbocycles. The number of phenols is 1. The summed E-state index contributed by atoms with van der Waals surface area (Å²) < 4.78 is 33.9. The molecule has 0 aliphatic heterocycles. The second-order valence-electron chi connectivity index (χ2n) is 5.48. The summed E-state index contributed by atoms with van der Waals surface area (Å²) in [7, 11) is -3.52. The molecule has 0 heterocycles. The molecule has 8 heteroatoms. The van der Waals surface area contributed by atoms with Crippen molar-refractivity contribution in [2.75, 3.05) is 0 Å². The van der Waals surface area contributed by atoms with Crippen LogP contribution >= 0.6 is 0 Å². The first-order chi connectivity index (χ1) is 13.3. The molecular weight excluding hydrogens is 418 g/mol. The quantitative estimate of drug-likeness (QED) is 0.354. The van der Waals surface area contributed by atoms with E-state index >= 15 is 0 Å². The van der Waals surface area contributed by atoms with Gasteiger partial charge in [-0.05, 0) is 16.5 Å². The van der Waals surface area contributed by atoms with E-state index in [-0.39, 0.29) is 73.6 Å². The van der Waals surface area contributed by atoms with E-state index in [0.29, 0.717) is 11.1 Å². The van der Waals surface area contributed by atoms with Crippen LogP contribution in [0.4, 0.5) is 4.39 Å². The van der Waals surface area contributed by atoms with Crippen LogP contribution in [0.25, 0.3) is 5.41 Å². The fourth-order valence-electron chi connectivity index (χ4n) is 2.03. The maximum absolute atomic E-state index is 12.7. The van der Waals surface area contributed by atoms with Crippen LogP contribution in [0.1, 0.15) is 11.1 Å². The predicted octanol–water partition coefficient (Wildman–Crippen LogP) is 0.436. The molecule has 0 saturated heterocycles. The van der Waals surface area contributed by atoms with Crippen molar-refractivity contribution in [3.63, 3.8) is 0 Å². The van der Waals surface area contributed by atoms with Gasteiger partial charge in [-0.25, -0.2) is 23.7 Å². The van der Waals surface area contributed by atoms with Crippen molar-refractivity contribution in [1.29, 1.82) is 0 Å². The van der Waals surface area contributed by atoms with Crippen LogP contribution in [0.5, 0.6) is 5.75 Å². The van der Waals surface area contributed by atoms with Crippen LogP contribution in [0.3, 0.4) is 0 Å². The van der Waals surface area contributed by atoms with E-state index in [1.54, 1.807) is 30.3 Å². The summed E-state index contributed by atoms with van der Waals surface area (Å²) in [6.45, 7) is 0. The summed E-state index contributed by atoms with van der Waals surface area (Å²) in [5.74, 6) is -0.332. The number of halogens is 1. The first kappa shape index (κ1) is 25.4. The molecule has 3 aromatic carbocycles. The Morgan fingerprint density at radius 2 is 1.66 bits per heavy atom. The molecule has 0 aliphatic rings. The average molecular weight is 435 g/mol. The van der Waals surface area contributed by atoms with Crippen molar-refractivity contribution in [2.45, 2.75) is 4.90 Å². The van der Waals surface area contributed by atoms with E-state index in [2.05, 4.69) is 12.1 Å². The maximum Gasteiger partial charge on any atom is 1.00 e. The third kappa shape index (κ3) is 8.71. The fourth-order valence-corrected chi connectivity index (χ4v) is 2.54. The van der Waals surface area contributed by atoms with Crippen LogP contribution in [0, 0.1) is 18.0 Å². The summed E-state index contributed by atoms with van der Waals surface area (Å²) in [5, 5.41) is 24.1. The van der Waals surface area contributed by atoms with Gasteiger partial charge in [0.2, 0.25) is 10.0 Å². The molecule has 0 spiro atoms. The first-order valence-corrected chi connectivity index (χ1v) is 9.50. The number of hydrogen-bond donors (Lipinski definition) is 2. The van der Waals surface area contributed by atoms with Gasteiger partial charge in [-0.15, -0.1) is 23.8 Å². The number of sulfonamides is 1. The second-order valence-corrected chi connectivity index (χ2v) is 7.04. The van der Waals surface area contributed by atoms with E-state index in [1.807, 2.05) is 0 Å². The van der Waals surface area contributed by atoms with Gasteiger partial charge in [0.25, 0.3) is 0 Å². The fraction of sp³-hybridized carbons (Fsp3) is 0. The van der Waals surface area contributed by atoms with Crippen LogP contribution < -0.4 is 56.5 Å². The summed E-state index contributed by atoms with van der Waals surface area (Å²) in [4.78, 5) is 0.117. The smallest absolute Gasteiger partial charge is 0.855 e. The molecule has 5 nitrogen and oxygen atoms in total. The number of aromatic hydroxyl groups is 1. The molecule has 144 valence electrons. The maximum atomic E-state index is 12.7. The minimum absolute atomic E-state index is 0. The Labute approximate surface area is 212 Å². The van der Waals surface area contributed by atoms with Gasteiger partial charge in [0.1, 0.15) is 11.6 Å². The zero-order valence-electron chi connectivity index (χ0n) is 15.6. The molecule has 3 N–H and O–H groups in total. The van der Waals surface area contributed by atoms with Gasteiger partial charge in [0.05, 0.1) is 0 Å². The van der Waals surface area contributed by atoms with Gasteiger partial charge in [0.15, 0.2) is 0 Å². The Morgan fingerprint density at radius 1 is 1.07 bits per heavy atom. The molecule has 0 unspecified atom stereocenters. The van der Waals surface area contributed by atoms with Gasteiger partial charge in [-0.2, -0.15) is 36.4 Å². The van der Waals surface area contributed by atoms with Crippen LogP contribution in [-0.2, 0) is 10.0 Å². The van der Waals surface area contributed by atoms with Crippen molar-refractivity contribution >= 4 is 15.7 Å². The van der Waals surface area contributed by atoms with E-state index in [1.165, 1.54) is 48.5 Å². The second kappa shape index (κ2) is 12.1. The number of benzene rings is 3. The SMILES string of the molecule is NS(=O)(=O)c1cc[c-]cc1.[K+].[N-]=C(C=[C-]c1ccc(F)cc1)c1ccccc1O. The Kier molecular flexibility index (Phi) is 10.6. The number of nitrogens with two attached hydrogens (primary N) is 1. The number of hydrogen-bond acceptors (Lipinski definition) is 3. The zero-order chi connectivity index (χ0) is 20.6. The molecule has 3 rings (SSSR count). The number of nitrogens with zero attached hydrogens (tertiary/aromatic N) is 1. The molecule has 0 aliphatic carbocycles. The van der Waals surface area contributed by atoms with E-state index < -0.39 is 10.0 Å².